The molecule has 0 saturated heterocycles. The molecular formula is C12H15N3OS2. The number of nitrogens with zero attached hydrogens (tertiary/aromatic N) is 1. The van der Waals surface area contributed by atoms with Gasteiger partial charge in [-0.1, -0.05) is 13.0 Å². The molecule has 0 aliphatic carbocycles. The van der Waals surface area contributed by atoms with Crippen LogP contribution in [0.4, 0.5) is 5.13 Å². The van der Waals surface area contributed by atoms with Crippen molar-refractivity contribution in [1.29, 1.82) is 0 Å². The van der Waals surface area contributed by atoms with Gasteiger partial charge in [0.2, 0.25) is 5.91 Å². The van der Waals surface area contributed by atoms with Crippen molar-refractivity contribution in [1.82, 2.24) is 4.98 Å². The van der Waals surface area contributed by atoms with Crippen LogP contribution < -0.4 is 11.1 Å². The third-order valence-corrected chi connectivity index (χ3v) is 4.36. The Kier molecular flexibility index (Phi) is 4.11. The third kappa shape index (κ3) is 2.95. The predicted octanol–water partition coefficient (Wildman–Crippen LogP) is 2.79. The number of carbonyl (C=O) groups excluding carboxylic acids is 1. The van der Waals surface area contributed by atoms with E-state index in [1.165, 1.54) is 11.3 Å². The molecule has 96 valence electrons. The Morgan fingerprint density at radius 1 is 1.44 bits per heavy atom. The van der Waals surface area contributed by atoms with Crippen molar-refractivity contribution in [2.24, 2.45) is 11.7 Å². The highest BCUT2D eigenvalue weighted by atomic mass is 32.1. The van der Waals surface area contributed by atoms with E-state index >= 15 is 0 Å². The minimum Gasteiger partial charge on any atom is -0.327 e. The summed E-state index contributed by atoms with van der Waals surface area (Å²) < 4.78 is 0. The molecule has 6 heteroatoms. The van der Waals surface area contributed by atoms with Crippen LogP contribution >= 0.6 is 22.7 Å². The molecule has 0 saturated carbocycles. The van der Waals surface area contributed by atoms with Gasteiger partial charge in [-0.05, 0) is 18.4 Å². The van der Waals surface area contributed by atoms with E-state index in [1.54, 1.807) is 11.3 Å². The number of nitrogens with two attached hydrogens (primary N) is 1. The van der Waals surface area contributed by atoms with Gasteiger partial charge in [0.25, 0.3) is 0 Å². The van der Waals surface area contributed by atoms with Gasteiger partial charge in [0.05, 0.1) is 16.5 Å². The lowest BCUT2D eigenvalue weighted by molar-refractivity contribution is -0.119. The number of anilines is 1. The number of aromatic nitrogens is 1. The van der Waals surface area contributed by atoms with Crippen molar-refractivity contribution < 1.29 is 4.79 Å². The fraction of sp³-hybridized carbons (Fsp3) is 0.333. The third-order valence-electron chi connectivity index (χ3n) is 2.71. The van der Waals surface area contributed by atoms with Gasteiger partial charge in [0, 0.05) is 11.4 Å². The van der Waals surface area contributed by atoms with Crippen LogP contribution in [0.15, 0.2) is 22.9 Å². The first-order valence-electron chi connectivity index (χ1n) is 5.64. The molecule has 4 nitrogen and oxygen atoms in total. The van der Waals surface area contributed by atoms with Gasteiger partial charge in [0.15, 0.2) is 5.13 Å². The van der Waals surface area contributed by atoms with E-state index in [0.717, 1.165) is 10.6 Å². The molecule has 2 aromatic rings. The average Bonchev–Trinajstić information content (AvgIpc) is 2.96. The van der Waals surface area contributed by atoms with Crippen LogP contribution in [0.5, 0.6) is 0 Å². The Labute approximate surface area is 114 Å². The van der Waals surface area contributed by atoms with Crippen LogP contribution in [-0.4, -0.2) is 16.9 Å². The molecule has 0 aliphatic rings. The number of hydrogen-bond acceptors (Lipinski definition) is 5. The molecular weight excluding hydrogens is 266 g/mol. The Hall–Kier alpha value is -1.24. The van der Waals surface area contributed by atoms with Gasteiger partial charge < -0.3 is 11.1 Å². The van der Waals surface area contributed by atoms with Crippen molar-refractivity contribution >= 4 is 33.7 Å². The number of rotatable bonds is 4. The Bertz CT molecular complexity index is 519. The van der Waals surface area contributed by atoms with Crippen LogP contribution in [-0.2, 0) is 4.79 Å². The lowest BCUT2D eigenvalue weighted by Gasteiger charge is -2.13. The molecule has 3 N–H and O–H groups in total. The minimum absolute atomic E-state index is 0.0860. The summed E-state index contributed by atoms with van der Waals surface area (Å²) in [5.41, 5.74) is 6.60. The normalized spacial score (nSPS) is 14.2. The maximum Gasteiger partial charge on any atom is 0.230 e. The molecule has 2 atom stereocenters. The predicted molar refractivity (Wildman–Crippen MR) is 76.9 cm³/mol. The summed E-state index contributed by atoms with van der Waals surface area (Å²) in [5, 5.41) is 7.37. The topological polar surface area (TPSA) is 68.0 Å². The Morgan fingerprint density at radius 3 is 2.83 bits per heavy atom. The summed E-state index contributed by atoms with van der Waals surface area (Å²) in [6.45, 7) is 3.64. The van der Waals surface area contributed by atoms with Crippen LogP contribution in [0.25, 0.3) is 10.6 Å². The van der Waals surface area contributed by atoms with E-state index in [4.69, 9.17) is 5.73 Å². The number of hydrogen-bond donors (Lipinski definition) is 2. The minimum atomic E-state index is -0.223. The number of carbonyl (C=O) groups is 1. The van der Waals surface area contributed by atoms with Gasteiger partial charge in [0.1, 0.15) is 0 Å². The van der Waals surface area contributed by atoms with E-state index in [1.807, 2.05) is 36.7 Å². The van der Waals surface area contributed by atoms with E-state index in [2.05, 4.69) is 10.3 Å². The molecule has 0 bridgehead atoms. The zero-order valence-electron chi connectivity index (χ0n) is 10.2. The van der Waals surface area contributed by atoms with Gasteiger partial charge in [-0.15, -0.1) is 22.7 Å². The number of nitrogens with one attached hydrogen (secondary N) is 1. The summed E-state index contributed by atoms with van der Waals surface area (Å²) in [4.78, 5) is 17.3. The SMILES string of the molecule is CC(N)C(C)C(=O)Nc1nc(-c2cccs2)cs1. The molecule has 0 fully saturated rings. The Morgan fingerprint density at radius 2 is 2.22 bits per heavy atom. The lowest BCUT2D eigenvalue weighted by atomic mass is 10.0. The molecule has 2 rings (SSSR count). The first-order valence-corrected chi connectivity index (χ1v) is 7.39. The summed E-state index contributed by atoms with van der Waals surface area (Å²) in [6.07, 6.45) is 0. The monoisotopic (exact) mass is 281 g/mol. The quantitative estimate of drug-likeness (QED) is 0.905. The number of amides is 1. The second kappa shape index (κ2) is 5.60. The van der Waals surface area contributed by atoms with Crippen molar-refractivity contribution in [3.8, 4) is 10.6 Å². The highest BCUT2D eigenvalue weighted by Crippen LogP contribution is 2.28. The fourth-order valence-electron chi connectivity index (χ4n) is 1.33. The summed E-state index contributed by atoms with van der Waals surface area (Å²) in [5.74, 6) is -0.309. The van der Waals surface area contributed by atoms with Crippen LogP contribution in [0.3, 0.4) is 0 Å². The molecule has 0 spiro atoms. The standard InChI is InChI=1S/C12H15N3OS2/c1-7(8(2)13)11(16)15-12-14-9(6-18-12)10-4-3-5-17-10/h3-8H,13H2,1-2H3,(H,14,15,16). The molecule has 1 amide bonds. The smallest absolute Gasteiger partial charge is 0.230 e. The average molecular weight is 281 g/mol. The number of thiazole rings is 1. The fourth-order valence-corrected chi connectivity index (χ4v) is 2.80. The molecule has 0 aromatic carbocycles. The lowest BCUT2D eigenvalue weighted by Crippen LogP contribution is -2.34. The van der Waals surface area contributed by atoms with Gasteiger partial charge >= 0.3 is 0 Å². The summed E-state index contributed by atoms with van der Waals surface area (Å²) in [6, 6.07) is 3.83. The van der Waals surface area contributed by atoms with Crippen LogP contribution in [0.1, 0.15) is 13.8 Å². The molecule has 18 heavy (non-hydrogen) atoms. The van der Waals surface area contributed by atoms with E-state index < -0.39 is 0 Å². The molecule has 2 aromatic heterocycles. The van der Waals surface area contributed by atoms with Gasteiger partial charge in [-0.25, -0.2) is 4.98 Å². The van der Waals surface area contributed by atoms with Crippen LogP contribution in [0, 0.1) is 5.92 Å². The summed E-state index contributed by atoms with van der Waals surface area (Å²) in [7, 11) is 0. The van der Waals surface area contributed by atoms with E-state index in [0.29, 0.717) is 5.13 Å². The van der Waals surface area contributed by atoms with Crippen molar-refractivity contribution in [2.75, 3.05) is 5.32 Å². The molecule has 0 radical (unpaired) electrons. The Balaban J connectivity index is 2.05. The molecule has 0 aliphatic heterocycles. The zero-order valence-corrected chi connectivity index (χ0v) is 11.8. The van der Waals surface area contributed by atoms with E-state index in [-0.39, 0.29) is 17.9 Å². The van der Waals surface area contributed by atoms with Crippen molar-refractivity contribution in [2.45, 2.75) is 19.9 Å². The van der Waals surface area contributed by atoms with Crippen molar-refractivity contribution in [3.05, 3.63) is 22.9 Å². The molecule has 2 heterocycles. The highest BCUT2D eigenvalue weighted by Gasteiger charge is 2.18. The second-order valence-corrected chi connectivity index (χ2v) is 5.96. The number of thiophene rings is 1. The van der Waals surface area contributed by atoms with Crippen molar-refractivity contribution in [3.63, 3.8) is 0 Å². The first kappa shape index (κ1) is 13.2. The van der Waals surface area contributed by atoms with Gasteiger partial charge in [-0.2, -0.15) is 0 Å². The zero-order chi connectivity index (χ0) is 13.1. The maximum atomic E-state index is 11.8. The van der Waals surface area contributed by atoms with Crippen LogP contribution in [0.2, 0.25) is 0 Å². The maximum absolute atomic E-state index is 11.8. The molecule has 2 unspecified atom stereocenters. The van der Waals surface area contributed by atoms with Gasteiger partial charge in [-0.3, -0.25) is 4.79 Å². The second-order valence-electron chi connectivity index (χ2n) is 4.15. The summed E-state index contributed by atoms with van der Waals surface area (Å²) >= 11 is 3.06. The first-order chi connectivity index (χ1) is 8.58. The van der Waals surface area contributed by atoms with E-state index in [9.17, 15) is 4.79 Å². The largest absolute Gasteiger partial charge is 0.327 e. The highest BCUT2D eigenvalue weighted by molar-refractivity contribution is 7.16.